The maximum absolute atomic E-state index is 12.4. The molecule has 0 spiro atoms. The molecule has 1 saturated carbocycles. The van der Waals surface area contributed by atoms with Gasteiger partial charge in [-0.1, -0.05) is 35.7 Å². The fraction of sp³-hybridized carbons (Fsp3) is 0.562. The number of amides is 1. The number of carbonyl (C=O) groups excluding carboxylic acids is 1. The van der Waals surface area contributed by atoms with Gasteiger partial charge in [0.15, 0.2) is 0 Å². The summed E-state index contributed by atoms with van der Waals surface area (Å²) in [6, 6.07) is 5.46. The molecule has 0 bridgehead atoms. The van der Waals surface area contributed by atoms with Gasteiger partial charge in [0.05, 0.1) is 6.04 Å². The molecule has 0 aromatic heterocycles. The minimum Gasteiger partial charge on any atom is -0.339 e. The van der Waals surface area contributed by atoms with E-state index >= 15 is 0 Å². The van der Waals surface area contributed by atoms with Crippen LogP contribution in [-0.4, -0.2) is 23.9 Å². The number of rotatable bonds is 4. The van der Waals surface area contributed by atoms with Gasteiger partial charge in [0.1, 0.15) is 0 Å². The van der Waals surface area contributed by atoms with Crippen LogP contribution in [0.25, 0.3) is 0 Å². The third-order valence-corrected chi connectivity index (χ3v) is 5.10. The van der Waals surface area contributed by atoms with Crippen LogP contribution >= 0.6 is 35.6 Å². The van der Waals surface area contributed by atoms with E-state index in [1.165, 1.54) is 0 Å². The average Bonchev–Trinajstić information content (AvgIpc) is 2.82. The summed E-state index contributed by atoms with van der Waals surface area (Å²) in [7, 11) is 1.82. The Balaban J connectivity index is 0.00000242. The Hall–Kier alpha value is -0.480. The molecule has 2 rings (SSSR count). The molecule has 6 heteroatoms. The number of halogens is 3. The maximum Gasteiger partial charge on any atom is 0.223 e. The Morgan fingerprint density at radius 2 is 2.09 bits per heavy atom. The van der Waals surface area contributed by atoms with Crippen LogP contribution < -0.4 is 5.73 Å². The Bertz CT molecular complexity index is 524. The van der Waals surface area contributed by atoms with Crippen molar-refractivity contribution in [2.45, 2.75) is 44.7 Å². The molecule has 22 heavy (non-hydrogen) atoms. The summed E-state index contributed by atoms with van der Waals surface area (Å²) in [5.41, 5.74) is 6.96. The summed E-state index contributed by atoms with van der Waals surface area (Å²) < 4.78 is 0. The normalized spacial score (nSPS) is 22.0. The molecular formula is C16H23Cl3N2O. The zero-order chi connectivity index (χ0) is 15.6. The Morgan fingerprint density at radius 3 is 2.64 bits per heavy atom. The first-order valence-electron chi connectivity index (χ1n) is 7.36. The monoisotopic (exact) mass is 364 g/mol. The molecule has 1 amide bonds. The van der Waals surface area contributed by atoms with Gasteiger partial charge in [0.2, 0.25) is 5.91 Å². The van der Waals surface area contributed by atoms with Crippen LogP contribution in [0.4, 0.5) is 0 Å². The first-order chi connectivity index (χ1) is 9.90. The number of benzene rings is 1. The zero-order valence-corrected chi connectivity index (χ0v) is 15.2. The van der Waals surface area contributed by atoms with Gasteiger partial charge in [0, 0.05) is 29.6 Å². The first-order valence-corrected chi connectivity index (χ1v) is 8.12. The molecule has 0 radical (unpaired) electrons. The van der Waals surface area contributed by atoms with Crippen LogP contribution in [0, 0.1) is 5.92 Å². The van der Waals surface area contributed by atoms with Crippen LogP contribution in [0.1, 0.15) is 44.2 Å². The zero-order valence-electron chi connectivity index (χ0n) is 12.9. The summed E-state index contributed by atoms with van der Waals surface area (Å²) in [6.45, 7) is 1.97. The molecule has 1 unspecified atom stereocenters. The van der Waals surface area contributed by atoms with E-state index in [1.54, 1.807) is 17.0 Å². The lowest BCUT2D eigenvalue weighted by molar-refractivity contribution is -0.132. The molecule has 3 nitrogen and oxygen atoms in total. The highest BCUT2D eigenvalue weighted by Gasteiger charge is 2.28. The van der Waals surface area contributed by atoms with E-state index in [-0.39, 0.29) is 30.4 Å². The van der Waals surface area contributed by atoms with Crippen molar-refractivity contribution in [1.82, 2.24) is 4.90 Å². The second-order valence-electron chi connectivity index (χ2n) is 5.91. The van der Waals surface area contributed by atoms with Gasteiger partial charge in [-0.05, 0) is 43.4 Å². The molecule has 1 aromatic rings. The SMILES string of the molecule is CC(c1ccc(Cl)cc1Cl)N(C)C(=O)C[C@@H]1CCC[C@H]1N.Cl. The van der Waals surface area contributed by atoms with Gasteiger partial charge in [-0.25, -0.2) is 0 Å². The van der Waals surface area contributed by atoms with E-state index < -0.39 is 0 Å². The van der Waals surface area contributed by atoms with E-state index in [4.69, 9.17) is 28.9 Å². The molecule has 0 saturated heterocycles. The van der Waals surface area contributed by atoms with E-state index in [1.807, 2.05) is 20.0 Å². The van der Waals surface area contributed by atoms with Crippen LogP contribution in [0.15, 0.2) is 18.2 Å². The molecule has 3 atom stereocenters. The van der Waals surface area contributed by atoms with Crippen LogP contribution in [0.2, 0.25) is 10.0 Å². The fourth-order valence-electron chi connectivity index (χ4n) is 2.95. The van der Waals surface area contributed by atoms with Crippen molar-refractivity contribution >= 4 is 41.5 Å². The third kappa shape index (κ3) is 4.51. The average molecular weight is 366 g/mol. The van der Waals surface area contributed by atoms with Gasteiger partial charge in [-0.3, -0.25) is 4.79 Å². The summed E-state index contributed by atoms with van der Waals surface area (Å²) >= 11 is 12.1. The lowest BCUT2D eigenvalue weighted by Crippen LogP contribution is -2.34. The van der Waals surface area contributed by atoms with Crippen molar-refractivity contribution in [2.75, 3.05) is 7.05 Å². The topological polar surface area (TPSA) is 46.3 Å². The second kappa shape index (κ2) is 8.39. The molecule has 1 aromatic carbocycles. The van der Waals surface area contributed by atoms with Gasteiger partial charge in [0.25, 0.3) is 0 Å². The summed E-state index contributed by atoms with van der Waals surface area (Å²) in [4.78, 5) is 14.2. The van der Waals surface area contributed by atoms with Gasteiger partial charge >= 0.3 is 0 Å². The molecule has 1 fully saturated rings. The quantitative estimate of drug-likeness (QED) is 0.856. The predicted molar refractivity (Wildman–Crippen MR) is 94.8 cm³/mol. The molecule has 1 aliphatic carbocycles. The Kier molecular flexibility index (Phi) is 7.47. The molecule has 1 aliphatic rings. The number of hydrogen-bond donors (Lipinski definition) is 1. The van der Waals surface area contributed by atoms with Crippen LogP contribution in [0.5, 0.6) is 0 Å². The molecular weight excluding hydrogens is 343 g/mol. The summed E-state index contributed by atoms with van der Waals surface area (Å²) in [6.07, 6.45) is 3.73. The van der Waals surface area contributed by atoms with Gasteiger partial charge in [-0.2, -0.15) is 0 Å². The highest BCUT2D eigenvalue weighted by molar-refractivity contribution is 6.35. The fourth-order valence-corrected chi connectivity index (χ4v) is 3.52. The van der Waals surface area contributed by atoms with Crippen molar-refractivity contribution < 1.29 is 4.79 Å². The number of nitrogens with zero attached hydrogens (tertiary/aromatic N) is 1. The number of carbonyl (C=O) groups is 1. The minimum absolute atomic E-state index is 0. The van der Waals surface area contributed by atoms with Gasteiger partial charge in [-0.15, -0.1) is 12.4 Å². The first kappa shape index (κ1) is 19.6. The molecule has 124 valence electrons. The maximum atomic E-state index is 12.4. The van der Waals surface area contributed by atoms with E-state index in [9.17, 15) is 4.79 Å². The predicted octanol–water partition coefficient (Wildman–Crippen LogP) is 4.45. The van der Waals surface area contributed by atoms with E-state index in [0.29, 0.717) is 22.4 Å². The number of hydrogen-bond acceptors (Lipinski definition) is 2. The standard InChI is InChI=1S/C16H22Cl2N2O.ClH/c1-10(13-7-6-12(17)9-14(13)18)20(2)16(21)8-11-4-3-5-15(11)19;/h6-7,9-11,15H,3-5,8,19H2,1-2H3;1H/t10?,11-,15+;/m0./s1. The lowest BCUT2D eigenvalue weighted by atomic mass is 9.98. The second-order valence-corrected chi connectivity index (χ2v) is 6.75. The molecule has 0 aliphatic heterocycles. The number of nitrogens with two attached hydrogens (primary N) is 1. The highest BCUT2D eigenvalue weighted by atomic mass is 35.5. The van der Waals surface area contributed by atoms with Crippen molar-refractivity contribution in [3.63, 3.8) is 0 Å². The van der Waals surface area contributed by atoms with Gasteiger partial charge < -0.3 is 10.6 Å². The Labute approximate surface area is 148 Å². The lowest BCUT2D eigenvalue weighted by Gasteiger charge is -2.28. The van der Waals surface area contributed by atoms with Crippen molar-refractivity contribution in [3.05, 3.63) is 33.8 Å². The molecule has 2 N–H and O–H groups in total. The minimum atomic E-state index is -0.0834. The molecule has 0 heterocycles. The van der Waals surface area contributed by atoms with E-state index in [2.05, 4.69) is 0 Å². The van der Waals surface area contributed by atoms with Crippen LogP contribution in [0.3, 0.4) is 0 Å². The highest BCUT2D eigenvalue weighted by Crippen LogP contribution is 2.31. The van der Waals surface area contributed by atoms with E-state index in [0.717, 1.165) is 24.8 Å². The van der Waals surface area contributed by atoms with Crippen molar-refractivity contribution in [3.8, 4) is 0 Å². The van der Waals surface area contributed by atoms with Crippen molar-refractivity contribution in [2.24, 2.45) is 11.7 Å². The van der Waals surface area contributed by atoms with Crippen LogP contribution in [-0.2, 0) is 4.79 Å². The summed E-state index contributed by atoms with van der Waals surface area (Å²) in [5.74, 6) is 0.434. The van der Waals surface area contributed by atoms with Crippen molar-refractivity contribution in [1.29, 1.82) is 0 Å². The third-order valence-electron chi connectivity index (χ3n) is 4.54. The largest absolute Gasteiger partial charge is 0.339 e. The summed E-state index contributed by atoms with van der Waals surface area (Å²) in [5, 5.41) is 1.19. The Morgan fingerprint density at radius 1 is 1.41 bits per heavy atom. The smallest absolute Gasteiger partial charge is 0.223 e.